The predicted molar refractivity (Wildman–Crippen MR) is 96.3 cm³/mol. The minimum Gasteiger partial charge on any atom is -0.356 e. The van der Waals surface area contributed by atoms with E-state index >= 15 is 0 Å². The topological polar surface area (TPSA) is 65.1 Å². The van der Waals surface area contributed by atoms with Crippen LogP contribution in [0.15, 0.2) is 36.7 Å². The fourth-order valence-electron chi connectivity index (χ4n) is 4.11. The van der Waals surface area contributed by atoms with Gasteiger partial charge in [-0.2, -0.15) is 5.10 Å². The highest BCUT2D eigenvalue weighted by molar-refractivity contribution is 5.80. The van der Waals surface area contributed by atoms with Gasteiger partial charge in [0.15, 0.2) is 0 Å². The first kappa shape index (κ1) is 16.1. The van der Waals surface area contributed by atoms with Gasteiger partial charge < -0.3 is 9.80 Å². The number of hydrogen-bond donors (Lipinski definition) is 1. The molecule has 0 saturated carbocycles. The standard InChI is InChI=1S/C19H25N5O/c25-19(24-12-3-5-15(13-24)17-8-10-21-22-17)16-6-4-11-23(14-16)18-7-1-2-9-20-18/h1-2,7-10,15-16H,3-6,11-14H2,(H,21,22)/t15-,16+/m1/s1. The predicted octanol–water partition coefficient (Wildman–Crippen LogP) is 2.43. The number of carbonyl (C=O) groups is 1. The van der Waals surface area contributed by atoms with Gasteiger partial charge >= 0.3 is 0 Å². The number of pyridine rings is 1. The van der Waals surface area contributed by atoms with E-state index in [-0.39, 0.29) is 5.92 Å². The zero-order valence-corrected chi connectivity index (χ0v) is 14.5. The molecule has 132 valence electrons. The van der Waals surface area contributed by atoms with Gasteiger partial charge in [-0.05, 0) is 43.9 Å². The lowest BCUT2D eigenvalue weighted by molar-refractivity contribution is -0.137. The van der Waals surface area contributed by atoms with E-state index in [1.165, 1.54) is 0 Å². The van der Waals surface area contributed by atoms with Gasteiger partial charge in [0.1, 0.15) is 5.82 Å². The molecule has 0 spiro atoms. The molecule has 0 aromatic carbocycles. The Morgan fingerprint density at radius 2 is 2.00 bits per heavy atom. The number of likely N-dealkylation sites (tertiary alicyclic amines) is 1. The summed E-state index contributed by atoms with van der Waals surface area (Å²) in [5, 5.41) is 7.13. The van der Waals surface area contributed by atoms with Gasteiger partial charge in [0.25, 0.3) is 0 Å². The van der Waals surface area contributed by atoms with Crippen LogP contribution in [-0.4, -0.2) is 52.2 Å². The molecule has 0 unspecified atom stereocenters. The Kier molecular flexibility index (Phi) is 4.68. The minimum absolute atomic E-state index is 0.0799. The summed E-state index contributed by atoms with van der Waals surface area (Å²) in [5.41, 5.74) is 1.15. The Morgan fingerprint density at radius 1 is 1.08 bits per heavy atom. The molecule has 0 aliphatic carbocycles. The first-order chi connectivity index (χ1) is 12.3. The zero-order valence-electron chi connectivity index (χ0n) is 14.5. The fourth-order valence-corrected chi connectivity index (χ4v) is 4.11. The van der Waals surface area contributed by atoms with Crippen LogP contribution < -0.4 is 4.90 Å². The van der Waals surface area contributed by atoms with Crippen LogP contribution in [0.4, 0.5) is 5.82 Å². The second kappa shape index (κ2) is 7.25. The average Bonchev–Trinajstić information content (AvgIpc) is 3.23. The first-order valence-electron chi connectivity index (χ1n) is 9.25. The molecule has 1 N–H and O–H groups in total. The highest BCUT2D eigenvalue weighted by atomic mass is 16.2. The highest BCUT2D eigenvalue weighted by Crippen LogP contribution is 2.28. The van der Waals surface area contributed by atoms with Crippen LogP contribution >= 0.6 is 0 Å². The van der Waals surface area contributed by atoms with E-state index < -0.39 is 0 Å². The van der Waals surface area contributed by atoms with Crippen LogP contribution in [0.1, 0.15) is 37.3 Å². The summed E-state index contributed by atoms with van der Waals surface area (Å²) in [7, 11) is 0. The number of amides is 1. The first-order valence-corrected chi connectivity index (χ1v) is 9.25. The smallest absolute Gasteiger partial charge is 0.227 e. The molecule has 2 aliphatic rings. The number of aromatic nitrogens is 3. The molecule has 4 heterocycles. The molecule has 2 aromatic rings. The molecule has 1 amide bonds. The number of anilines is 1. The third-order valence-corrected chi connectivity index (χ3v) is 5.44. The maximum atomic E-state index is 13.1. The summed E-state index contributed by atoms with van der Waals surface area (Å²) in [4.78, 5) is 21.9. The van der Waals surface area contributed by atoms with Gasteiger partial charge in [-0.1, -0.05) is 6.07 Å². The Balaban J connectivity index is 1.41. The molecule has 2 aromatic heterocycles. The highest BCUT2D eigenvalue weighted by Gasteiger charge is 2.32. The third kappa shape index (κ3) is 3.52. The van der Waals surface area contributed by atoms with Gasteiger partial charge in [0, 0.05) is 50.2 Å². The van der Waals surface area contributed by atoms with Crippen molar-refractivity contribution in [1.29, 1.82) is 0 Å². The van der Waals surface area contributed by atoms with Crippen molar-refractivity contribution in [3.8, 4) is 0 Å². The van der Waals surface area contributed by atoms with Gasteiger partial charge in [0.2, 0.25) is 5.91 Å². The lowest BCUT2D eigenvalue weighted by Gasteiger charge is -2.38. The largest absolute Gasteiger partial charge is 0.356 e. The van der Waals surface area contributed by atoms with Crippen LogP contribution in [0.25, 0.3) is 0 Å². The maximum absolute atomic E-state index is 13.1. The Morgan fingerprint density at radius 3 is 2.80 bits per heavy atom. The molecule has 6 heteroatoms. The molecule has 0 radical (unpaired) electrons. The molecule has 2 atom stereocenters. The molecule has 6 nitrogen and oxygen atoms in total. The number of aromatic amines is 1. The van der Waals surface area contributed by atoms with Crippen molar-refractivity contribution in [1.82, 2.24) is 20.1 Å². The molecule has 2 fully saturated rings. The van der Waals surface area contributed by atoms with E-state index in [1.807, 2.05) is 30.5 Å². The monoisotopic (exact) mass is 339 g/mol. The van der Waals surface area contributed by atoms with E-state index in [4.69, 9.17) is 0 Å². The minimum atomic E-state index is 0.0799. The molecule has 0 bridgehead atoms. The van der Waals surface area contributed by atoms with Gasteiger partial charge in [-0.3, -0.25) is 9.89 Å². The van der Waals surface area contributed by atoms with E-state index in [9.17, 15) is 4.79 Å². The van der Waals surface area contributed by atoms with Crippen LogP contribution in [0.3, 0.4) is 0 Å². The van der Waals surface area contributed by atoms with Crippen molar-refractivity contribution in [3.63, 3.8) is 0 Å². The summed E-state index contributed by atoms with van der Waals surface area (Å²) in [6.07, 6.45) is 7.82. The maximum Gasteiger partial charge on any atom is 0.227 e. The van der Waals surface area contributed by atoms with Gasteiger partial charge in [-0.15, -0.1) is 0 Å². The Bertz CT molecular complexity index is 687. The van der Waals surface area contributed by atoms with Crippen LogP contribution in [-0.2, 0) is 4.79 Å². The number of hydrogen-bond acceptors (Lipinski definition) is 4. The van der Waals surface area contributed by atoms with Gasteiger partial charge in [-0.25, -0.2) is 4.98 Å². The second-order valence-electron chi connectivity index (χ2n) is 7.11. The number of rotatable bonds is 3. The van der Waals surface area contributed by atoms with Crippen molar-refractivity contribution in [2.75, 3.05) is 31.1 Å². The lowest BCUT2D eigenvalue weighted by atomic mass is 9.91. The SMILES string of the molecule is O=C([C@H]1CCCN(c2ccccn2)C1)N1CCC[C@@H](c2ccn[nH]2)C1. The van der Waals surface area contributed by atoms with Crippen molar-refractivity contribution in [2.24, 2.45) is 5.92 Å². The molecule has 2 aliphatic heterocycles. The summed E-state index contributed by atoms with van der Waals surface area (Å²) < 4.78 is 0. The fraction of sp³-hybridized carbons (Fsp3) is 0.526. The summed E-state index contributed by atoms with van der Waals surface area (Å²) in [6, 6.07) is 8.00. The number of nitrogens with one attached hydrogen (secondary N) is 1. The second-order valence-corrected chi connectivity index (χ2v) is 7.11. The van der Waals surface area contributed by atoms with Crippen molar-refractivity contribution in [3.05, 3.63) is 42.4 Å². The Hall–Kier alpha value is -2.37. The quantitative estimate of drug-likeness (QED) is 0.933. The number of carbonyl (C=O) groups excluding carboxylic acids is 1. The van der Waals surface area contributed by atoms with E-state index in [0.717, 1.165) is 63.4 Å². The molecule has 2 saturated heterocycles. The van der Waals surface area contributed by atoms with E-state index in [0.29, 0.717) is 11.8 Å². The summed E-state index contributed by atoms with van der Waals surface area (Å²) in [6.45, 7) is 3.45. The normalized spacial score (nSPS) is 24.3. The van der Waals surface area contributed by atoms with Crippen LogP contribution in [0.5, 0.6) is 0 Å². The number of H-pyrrole nitrogens is 1. The number of nitrogens with zero attached hydrogens (tertiary/aromatic N) is 4. The Labute approximate surface area is 148 Å². The van der Waals surface area contributed by atoms with Crippen LogP contribution in [0, 0.1) is 5.92 Å². The summed E-state index contributed by atoms with van der Waals surface area (Å²) in [5.74, 6) is 1.76. The molecule has 4 rings (SSSR count). The summed E-state index contributed by atoms with van der Waals surface area (Å²) >= 11 is 0. The molecular weight excluding hydrogens is 314 g/mol. The molecular formula is C19H25N5O. The van der Waals surface area contributed by atoms with Gasteiger partial charge in [0.05, 0.1) is 5.92 Å². The van der Waals surface area contributed by atoms with Crippen molar-refractivity contribution < 1.29 is 4.79 Å². The lowest BCUT2D eigenvalue weighted by Crippen LogP contribution is -2.47. The number of piperidine rings is 2. The van der Waals surface area contributed by atoms with E-state index in [2.05, 4.69) is 25.0 Å². The average molecular weight is 339 g/mol. The van der Waals surface area contributed by atoms with E-state index in [1.54, 1.807) is 6.20 Å². The van der Waals surface area contributed by atoms with Crippen LogP contribution in [0.2, 0.25) is 0 Å². The van der Waals surface area contributed by atoms with Crippen molar-refractivity contribution >= 4 is 11.7 Å². The van der Waals surface area contributed by atoms with Crippen molar-refractivity contribution in [2.45, 2.75) is 31.6 Å². The third-order valence-electron chi connectivity index (χ3n) is 5.44. The molecule has 25 heavy (non-hydrogen) atoms. The zero-order chi connectivity index (χ0) is 17.1.